The molecule has 0 radical (unpaired) electrons. The van der Waals surface area contributed by atoms with Crippen LogP contribution < -0.4 is 4.74 Å². The molecule has 0 aliphatic carbocycles. The van der Waals surface area contributed by atoms with E-state index in [-0.39, 0.29) is 0 Å². The molecule has 9 heteroatoms. The lowest BCUT2D eigenvalue weighted by Crippen LogP contribution is -2.09. The minimum Gasteiger partial charge on any atom is -0.482 e. The highest BCUT2D eigenvalue weighted by atomic mass is 32.1. The number of aryl methyl sites for hydroxylation is 1. The molecular formula is C22H17F3N2O3S. The minimum atomic E-state index is -4.36. The smallest absolute Gasteiger partial charge is 0.416 e. The highest BCUT2D eigenvalue weighted by molar-refractivity contribution is 7.15. The van der Waals surface area contributed by atoms with Gasteiger partial charge in [-0.1, -0.05) is 12.1 Å². The first-order valence-electron chi connectivity index (χ1n) is 9.28. The number of alkyl halides is 3. The summed E-state index contributed by atoms with van der Waals surface area (Å²) in [6.07, 6.45) is -2.45. The van der Waals surface area contributed by atoms with Crippen LogP contribution in [-0.2, 0) is 17.5 Å². The Labute approximate surface area is 179 Å². The number of benzene rings is 2. The average Bonchev–Trinajstić information content (AvgIpc) is 3.29. The van der Waals surface area contributed by atoms with E-state index in [9.17, 15) is 18.0 Å². The number of nitrogens with zero attached hydrogens (tertiary/aromatic N) is 2. The Morgan fingerprint density at radius 2 is 1.90 bits per heavy atom. The second-order valence-corrected chi connectivity index (χ2v) is 8.03. The fourth-order valence-electron chi connectivity index (χ4n) is 3.21. The van der Waals surface area contributed by atoms with Gasteiger partial charge in [0.15, 0.2) is 6.61 Å². The molecule has 2 aromatic heterocycles. The van der Waals surface area contributed by atoms with E-state index < -0.39 is 24.3 Å². The highest BCUT2D eigenvalue weighted by Gasteiger charge is 2.30. The maximum Gasteiger partial charge on any atom is 0.416 e. The number of thiazole rings is 1. The van der Waals surface area contributed by atoms with E-state index in [1.54, 1.807) is 12.1 Å². The molecule has 31 heavy (non-hydrogen) atoms. The fourth-order valence-corrected chi connectivity index (χ4v) is 4.27. The molecule has 0 aliphatic rings. The van der Waals surface area contributed by atoms with Gasteiger partial charge in [0, 0.05) is 27.5 Å². The number of fused-ring (bicyclic) bond motifs is 1. The lowest BCUT2D eigenvalue weighted by molar-refractivity contribution is -0.139. The third kappa shape index (κ3) is 4.56. The Balaban J connectivity index is 1.55. The molecule has 0 bridgehead atoms. The van der Waals surface area contributed by atoms with Crippen molar-refractivity contribution in [2.45, 2.75) is 19.6 Å². The number of aromatic nitrogens is 2. The van der Waals surface area contributed by atoms with Crippen molar-refractivity contribution in [1.29, 1.82) is 0 Å². The zero-order chi connectivity index (χ0) is 22.2. The predicted molar refractivity (Wildman–Crippen MR) is 111 cm³/mol. The summed E-state index contributed by atoms with van der Waals surface area (Å²) in [5, 5.41) is 10.3. The van der Waals surface area contributed by atoms with Gasteiger partial charge in [-0.15, -0.1) is 11.3 Å². The fraction of sp³-hybridized carbons (Fsp3) is 0.182. The Kier molecular flexibility index (Phi) is 5.45. The maximum atomic E-state index is 12.8. The summed E-state index contributed by atoms with van der Waals surface area (Å²) in [7, 11) is 0. The molecule has 2 heterocycles. The molecule has 4 aromatic rings. The van der Waals surface area contributed by atoms with Crippen LogP contribution in [0.4, 0.5) is 13.2 Å². The Bertz CT molecular complexity index is 1240. The number of carboxylic acid groups (broad SMARTS) is 1. The number of carboxylic acids is 1. The number of halogens is 3. The second-order valence-electron chi connectivity index (χ2n) is 6.95. The predicted octanol–water partition coefficient (Wildman–Crippen LogP) is 5.60. The average molecular weight is 446 g/mol. The number of ether oxygens (including phenoxy) is 1. The Morgan fingerprint density at radius 3 is 2.58 bits per heavy atom. The Morgan fingerprint density at radius 1 is 1.16 bits per heavy atom. The minimum absolute atomic E-state index is 0.404. The van der Waals surface area contributed by atoms with Crippen LogP contribution in [0.15, 0.2) is 54.7 Å². The summed E-state index contributed by atoms with van der Waals surface area (Å²) in [6, 6.07) is 12.3. The van der Waals surface area contributed by atoms with E-state index in [1.807, 2.05) is 29.8 Å². The third-order valence-electron chi connectivity index (χ3n) is 4.77. The lowest BCUT2D eigenvalue weighted by atomic mass is 10.1. The summed E-state index contributed by atoms with van der Waals surface area (Å²) in [5.41, 5.74) is 1.73. The number of hydrogen-bond acceptors (Lipinski definition) is 4. The van der Waals surface area contributed by atoms with Crippen molar-refractivity contribution in [3.8, 4) is 16.3 Å². The van der Waals surface area contributed by atoms with Crippen molar-refractivity contribution >= 4 is 28.2 Å². The van der Waals surface area contributed by atoms with E-state index in [0.29, 0.717) is 22.9 Å². The maximum absolute atomic E-state index is 12.8. The molecule has 2 aromatic carbocycles. The molecule has 160 valence electrons. The standard InChI is InChI=1S/C22H17F3N2O3S/c1-13-19(31-21(26-13)14-2-4-16(5-3-14)22(23,24)25)11-27-9-8-15-10-17(6-7-18(15)27)30-12-20(28)29/h2-10H,11-12H2,1H3,(H,28,29). The van der Waals surface area contributed by atoms with Crippen LogP contribution in [-0.4, -0.2) is 27.2 Å². The van der Waals surface area contributed by atoms with Crippen LogP contribution in [0.2, 0.25) is 0 Å². The van der Waals surface area contributed by atoms with Crippen molar-refractivity contribution in [2.75, 3.05) is 6.61 Å². The molecule has 0 amide bonds. The monoisotopic (exact) mass is 446 g/mol. The topological polar surface area (TPSA) is 64.4 Å². The number of rotatable bonds is 6. The second kappa shape index (κ2) is 8.07. The normalized spacial score (nSPS) is 11.7. The third-order valence-corrected chi connectivity index (χ3v) is 5.96. The summed E-state index contributed by atoms with van der Waals surface area (Å²) in [6.45, 7) is 2.03. The van der Waals surface area contributed by atoms with Crippen molar-refractivity contribution < 1.29 is 27.8 Å². The highest BCUT2D eigenvalue weighted by Crippen LogP contribution is 2.33. The molecule has 0 aliphatic heterocycles. The van der Waals surface area contributed by atoms with Crippen LogP contribution >= 0.6 is 11.3 Å². The molecule has 0 saturated carbocycles. The van der Waals surface area contributed by atoms with Gasteiger partial charge in [0.05, 0.1) is 17.8 Å². The zero-order valence-electron chi connectivity index (χ0n) is 16.3. The van der Waals surface area contributed by atoms with E-state index >= 15 is 0 Å². The van der Waals surface area contributed by atoms with Gasteiger partial charge in [0.1, 0.15) is 10.8 Å². The number of aliphatic carboxylic acids is 1. The zero-order valence-corrected chi connectivity index (χ0v) is 17.1. The van der Waals surface area contributed by atoms with Crippen LogP contribution in [0.5, 0.6) is 5.75 Å². The Hall–Kier alpha value is -3.33. The summed E-state index contributed by atoms with van der Waals surface area (Å²) in [4.78, 5) is 16.2. The van der Waals surface area contributed by atoms with Crippen molar-refractivity contribution in [3.63, 3.8) is 0 Å². The van der Waals surface area contributed by atoms with Gasteiger partial charge in [0.25, 0.3) is 0 Å². The van der Waals surface area contributed by atoms with Crippen molar-refractivity contribution in [2.24, 2.45) is 0 Å². The molecule has 0 unspecified atom stereocenters. The van der Waals surface area contributed by atoms with Gasteiger partial charge >= 0.3 is 12.1 Å². The van der Waals surface area contributed by atoms with Gasteiger partial charge in [0.2, 0.25) is 0 Å². The van der Waals surface area contributed by atoms with Crippen LogP contribution in [0.1, 0.15) is 16.1 Å². The molecule has 0 spiro atoms. The quantitative estimate of drug-likeness (QED) is 0.419. The number of carbonyl (C=O) groups is 1. The largest absolute Gasteiger partial charge is 0.482 e. The molecule has 0 saturated heterocycles. The van der Waals surface area contributed by atoms with Crippen molar-refractivity contribution in [1.82, 2.24) is 9.55 Å². The number of hydrogen-bond donors (Lipinski definition) is 1. The van der Waals surface area contributed by atoms with Crippen molar-refractivity contribution in [3.05, 3.63) is 70.9 Å². The molecule has 4 rings (SSSR count). The van der Waals surface area contributed by atoms with Crippen LogP contribution in [0, 0.1) is 6.92 Å². The molecule has 0 fully saturated rings. The molecule has 5 nitrogen and oxygen atoms in total. The van der Waals surface area contributed by atoms with Gasteiger partial charge < -0.3 is 14.4 Å². The van der Waals surface area contributed by atoms with E-state index in [1.165, 1.54) is 23.5 Å². The lowest BCUT2D eigenvalue weighted by Gasteiger charge is -2.06. The van der Waals surface area contributed by atoms with E-state index in [4.69, 9.17) is 9.84 Å². The summed E-state index contributed by atoms with van der Waals surface area (Å²) in [5.74, 6) is -0.562. The van der Waals surface area contributed by atoms with Crippen LogP contribution in [0.25, 0.3) is 21.5 Å². The summed E-state index contributed by atoms with van der Waals surface area (Å²) < 4.78 is 45.6. The first-order chi connectivity index (χ1) is 14.7. The molecule has 0 atom stereocenters. The summed E-state index contributed by atoms with van der Waals surface area (Å²) >= 11 is 1.44. The van der Waals surface area contributed by atoms with Gasteiger partial charge in [-0.25, -0.2) is 9.78 Å². The van der Waals surface area contributed by atoms with E-state index in [0.717, 1.165) is 33.6 Å². The van der Waals surface area contributed by atoms with Crippen LogP contribution in [0.3, 0.4) is 0 Å². The molecule has 1 N–H and O–H groups in total. The van der Waals surface area contributed by atoms with E-state index in [2.05, 4.69) is 4.98 Å². The SMILES string of the molecule is Cc1nc(-c2ccc(C(F)(F)F)cc2)sc1Cn1ccc2cc(OCC(=O)O)ccc21. The van der Waals surface area contributed by atoms with Gasteiger partial charge in [-0.3, -0.25) is 0 Å². The first kappa shape index (κ1) is 20.9. The van der Waals surface area contributed by atoms with Gasteiger partial charge in [-0.05, 0) is 43.3 Å². The first-order valence-corrected chi connectivity index (χ1v) is 10.1. The van der Waals surface area contributed by atoms with Gasteiger partial charge in [-0.2, -0.15) is 13.2 Å². The molecular weight excluding hydrogens is 429 g/mol.